The zero-order valence-corrected chi connectivity index (χ0v) is 22.1. The van der Waals surface area contributed by atoms with E-state index in [0.29, 0.717) is 0 Å². The molecule has 190 valence electrons. The summed E-state index contributed by atoms with van der Waals surface area (Å²) in [6, 6.07) is 40.9. The molecule has 0 N–H and O–H groups in total. The van der Waals surface area contributed by atoms with Gasteiger partial charge in [-0.25, -0.2) is 0 Å². The van der Waals surface area contributed by atoms with Gasteiger partial charge in [-0.15, -0.1) is 0 Å². The highest BCUT2D eigenvalue weighted by Crippen LogP contribution is 2.58. The van der Waals surface area contributed by atoms with Crippen LogP contribution in [0.5, 0.6) is 0 Å². The first-order chi connectivity index (χ1) is 19.0. The maximum atomic E-state index is 6.58. The van der Waals surface area contributed by atoms with E-state index in [1.807, 2.05) is 6.07 Å². The summed E-state index contributed by atoms with van der Waals surface area (Å²) in [5.74, 6) is 0. The third-order valence-corrected chi connectivity index (χ3v) is 8.75. The number of ether oxygens (including phenoxy) is 1. The predicted octanol–water partition coefficient (Wildman–Crippen LogP) is 9.98. The number of rotatable bonds is 4. The van der Waals surface area contributed by atoms with Gasteiger partial charge in [0.15, 0.2) is 5.58 Å². The molecule has 0 saturated carbocycles. The third-order valence-electron chi connectivity index (χ3n) is 8.75. The Hall–Kier alpha value is -4.34. The second-order valence-electron chi connectivity index (χ2n) is 11.3. The molecule has 2 unspecified atom stereocenters. The van der Waals surface area contributed by atoms with Gasteiger partial charge in [0.25, 0.3) is 0 Å². The Bertz CT molecular complexity index is 1830. The fraction of sp³-hybridized carbons (Fsp3) is 0.167. The van der Waals surface area contributed by atoms with Gasteiger partial charge < -0.3 is 14.1 Å². The van der Waals surface area contributed by atoms with E-state index in [0.717, 1.165) is 51.8 Å². The van der Waals surface area contributed by atoms with Crippen molar-refractivity contribution in [2.75, 3.05) is 4.90 Å². The highest BCUT2D eigenvalue weighted by molar-refractivity contribution is 6.12. The van der Waals surface area contributed by atoms with Crippen LogP contribution in [0.1, 0.15) is 37.8 Å². The van der Waals surface area contributed by atoms with Crippen LogP contribution in [0.4, 0.5) is 17.1 Å². The molecule has 0 aliphatic carbocycles. The average molecular weight is 508 g/mol. The molecule has 6 aromatic rings. The SMILES string of the molecule is CC12CCC(C)(O1)c1cc(-c3cc(N(c4ccccc4)c4ccccc4)c4oc5ccccc5c4c3)ccc12. The molecule has 1 aromatic heterocycles. The van der Waals surface area contributed by atoms with Crippen molar-refractivity contribution in [2.45, 2.75) is 37.9 Å². The van der Waals surface area contributed by atoms with Crippen LogP contribution in [0.2, 0.25) is 0 Å². The topological polar surface area (TPSA) is 25.6 Å². The first kappa shape index (κ1) is 22.6. The van der Waals surface area contributed by atoms with Crippen molar-refractivity contribution >= 4 is 39.0 Å². The molecule has 3 heteroatoms. The summed E-state index contributed by atoms with van der Waals surface area (Å²) in [5.41, 5.74) is 9.62. The van der Waals surface area contributed by atoms with E-state index in [1.165, 1.54) is 22.3 Å². The van der Waals surface area contributed by atoms with Crippen molar-refractivity contribution in [1.29, 1.82) is 0 Å². The molecule has 39 heavy (non-hydrogen) atoms. The van der Waals surface area contributed by atoms with Gasteiger partial charge in [0, 0.05) is 22.1 Å². The number of hydrogen-bond donors (Lipinski definition) is 0. The van der Waals surface area contributed by atoms with Crippen molar-refractivity contribution in [3.05, 3.63) is 126 Å². The Balaban J connectivity index is 1.41. The van der Waals surface area contributed by atoms with Crippen molar-refractivity contribution in [3.63, 3.8) is 0 Å². The van der Waals surface area contributed by atoms with Crippen LogP contribution < -0.4 is 4.90 Å². The first-order valence-corrected chi connectivity index (χ1v) is 13.7. The molecule has 5 aromatic carbocycles. The molecule has 2 bridgehead atoms. The molecule has 0 radical (unpaired) electrons. The molecule has 1 saturated heterocycles. The monoisotopic (exact) mass is 507 g/mol. The van der Waals surface area contributed by atoms with E-state index in [9.17, 15) is 0 Å². The number of benzene rings is 5. The zero-order valence-electron chi connectivity index (χ0n) is 22.1. The largest absolute Gasteiger partial charge is 0.454 e. The van der Waals surface area contributed by atoms with Gasteiger partial charge >= 0.3 is 0 Å². The maximum absolute atomic E-state index is 6.58. The molecular weight excluding hydrogens is 478 g/mol. The minimum Gasteiger partial charge on any atom is -0.454 e. The van der Waals surface area contributed by atoms with Gasteiger partial charge in [0.2, 0.25) is 0 Å². The van der Waals surface area contributed by atoms with Crippen molar-refractivity contribution in [2.24, 2.45) is 0 Å². The number of furan rings is 1. The minimum atomic E-state index is -0.213. The fourth-order valence-corrected chi connectivity index (χ4v) is 6.80. The Morgan fingerprint density at radius 1 is 0.590 bits per heavy atom. The zero-order chi connectivity index (χ0) is 26.2. The molecular formula is C36H29NO2. The Labute approximate surface area is 228 Å². The Kier molecular flexibility index (Phi) is 4.69. The summed E-state index contributed by atoms with van der Waals surface area (Å²) in [6.07, 6.45) is 2.14. The van der Waals surface area contributed by atoms with Gasteiger partial charge in [-0.1, -0.05) is 66.7 Å². The van der Waals surface area contributed by atoms with Crippen molar-refractivity contribution < 1.29 is 9.15 Å². The summed E-state index contributed by atoms with van der Waals surface area (Å²) in [6.45, 7) is 4.49. The highest BCUT2D eigenvalue weighted by atomic mass is 16.5. The maximum Gasteiger partial charge on any atom is 0.159 e. The predicted molar refractivity (Wildman–Crippen MR) is 159 cm³/mol. The van der Waals surface area contributed by atoms with E-state index in [1.54, 1.807) is 0 Å². The van der Waals surface area contributed by atoms with Crippen LogP contribution >= 0.6 is 0 Å². The summed E-state index contributed by atoms with van der Waals surface area (Å²) in [7, 11) is 0. The summed E-state index contributed by atoms with van der Waals surface area (Å²) >= 11 is 0. The lowest BCUT2D eigenvalue weighted by Crippen LogP contribution is -2.17. The normalized spacial score (nSPS) is 21.5. The van der Waals surface area contributed by atoms with Gasteiger partial charge in [-0.3, -0.25) is 0 Å². The number of fused-ring (bicyclic) bond motifs is 8. The lowest BCUT2D eigenvalue weighted by Gasteiger charge is -2.26. The van der Waals surface area contributed by atoms with Crippen LogP contribution in [-0.2, 0) is 15.9 Å². The van der Waals surface area contributed by atoms with Crippen LogP contribution in [0.25, 0.3) is 33.1 Å². The second kappa shape index (κ2) is 8.08. The molecule has 8 rings (SSSR count). The number of para-hydroxylation sites is 3. The summed E-state index contributed by atoms with van der Waals surface area (Å²) < 4.78 is 13.2. The molecule has 3 nitrogen and oxygen atoms in total. The third kappa shape index (κ3) is 3.33. The molecule has 2 aliphatic heterocycles. The van der Waals surface area contributed by atoms with Gasteiger partial charge in [0.05, 0.1) is 16.9 Å². The van der Waals surface area contributed by atoms with Crippen LogP contribution in [0.15, 0.2) is 120 Å². The van der Waals surface area contributed by atoms with Gasteiger partial charge in [-0.2, -0.15) is 0 Å². The van der Waals surface area contributed by atoms with E-state index in [-0.39, 0.29) is 11.2 Å². The number of hydrogen-bond acceptors (Lipinski definition) is 3. The van der Waals surface area contributed by atoms with Crippen molar-refractivity contribution in [1.82, 2.24) is 0 Å². The minimum absolute atomic E-state index is 0.171. The molecule has 0 spiro atoms. The summed E-state index contributed by atoms with van der Waals surface area (Å²) in [4.78, 5) is 2.30. The van der Waals surface area contributed by atoms with Crippen LogP contribution in [-0.4, -0.2) is 0 Å². The smallest absolute Gasteiger partial charge is 0.159 e. The number of anilines is 3. The Morgan fingerprint density at radius 2 is 1.23 bits per heavy atom. The van der Waals surface area contributed by atoms with E-state index < -0.39 is 0 Å². The molecule has 1 fully saturated rings. The lowest BCUT2D eigenvalue weighted by molar-refractivity contribution is -0.0662. The molecule has 3 heterocycles. The average Bonchev–Trinajstić information content (AvgIpc) is 3.59. The van der Waals surface area contributed by atoms with E-state index in [2.05, 4.69) is 128 Å². The lowest BCUT2D eigenvalue weighted by atomic mass is 9.77. The molecule has 2 atom stereocenters. The van der Waals surface area contributed by atoms with Crippen LogP contribution in [0.3, 0.4) is 0 Å². The summed E-state index contributed by atoms with van der Waals surface area (Å²) in [5, 5.41) is 2.24. The van der Waals surface area contributed by atoms with E-state index >= 15 is 0 Å². The first-order valence-electron chi connectivity index (χ1n) is 13.7. The molecule has 2 aliphatic rings. The standard InChI is InChI=1S/C36H29NO2/c1-35-19-20-36(2,39-35)31-22-24(17-18-30(31)35)25-21-29-28-15-9-10-16-33(28)38-34(29)32(23-25)37(26-11-5-3-6-12-26)27-13-7-4-8-14-27/h3-18,21-23H,19-20H2,1-2H3. The van der Waals surface area contributed by atoms with Gasteiger partial charge in [0.1, 0.15) is 5.58 Å². The second-order valence-corrected chi connectivity index (χ2v) is 11.3. The van der Waals surface area contributed by atoms with Crippen LogP contribution in [0, 0.1) is 0 Å². The van der Waals surface area contributed by atoms with Gasteiger partial charge in [-0.05, 0) is 97.5 Å². The van der Waals surface area contributed by atoms with Crippen molar-refractivity contribution in [3.8, 4) is 11.1 Å². The highest BCUT2D eigenvalue weighted by Gasteiger charge is 2.54. The number of nitrogens with zero attached hydrogens (tertiary/aromatic N) is 1. The van der Waals surface area contributed by atoms with E-state index in [4.69, 9.17) is 9.15 Å². The quantitative estimate of drug-likeness (QED) is 0.237. The fourth-order valence-electron chi connectivity index (χ4n) is 6.80. The Morgan fingerprint density at radius 3 is 1.95 bits per heavy atom. The molecule has 0 amide bonds.